The molecular formula is C21H26N2OS. The number of carbonyl (C=O) groups is 1. The summed E-state index contributed by atoms with van der Waals surface area (Å²) in [6, 6.07) is 21.1. The fourth-order valence-corrected chi connectivity index (χ4v) is 4.51. The topological polar surface area (TPSA) is 41.1 Å². The molecule has 2 aromatic rings. The largest absolute Gasteiger partial charge is 0.356 e. The lowest BCUT2D eigenvalue weighted by Crippen LogP contribution is -2.37. The van der Waals surface area contributed by atoms with Gasteiger partial charge in [0.05, 0.1) is 0 Å². The van der Waals surface area contributed by atoms with E-state index in [0.29, 0.717) is 19.0 Å². The van der Waals surface area contributed by atoms with Crippen LogP contribution >= 0.6 is 11.8 Å². The fraction of sp³-hybridized carbons (Fsp3) is 0.381. The van der Waals surface area contributed by atoms with Crippen LogP contribution in [0.1, 0.15) is 24.8 Å². The molecule has 132 valence electrons. The van der Waals surface area contributed by atoms with Crippen LogP contribution in [0.2, 0.25) is 0 Å². The lowest BCUT2D eigenvalue weighted by atomic mass is 10.1. The van der Waals surface area contributed by atoms with E-state index in [1.807, 2.05) is 36.0 Å². The second-order valence-corrected chi connectivity index (χ2v) is 7.77. The smallest absolute Gasteiger partial charge is 0.221 e. The van der Waals surface area contributed by atoms with E-state index in [1.165, 1.54) is 16.9 Å². The van der Waals surface area contributed by atoms with Crippen LogP contribution in [0.5, 0.6) is 0 Å². The molecule has 3 rings (SSSR count). The average molecular weight is 355 g/mol. The van der Waals surface area contributed by atoms with Gasteiger partial charge in [-0.05, 0) is 43.5 Å². The highest BCUT2D eigenvalue weighted by Crippen LogP contribution is 2.30. The van der Waals surface area contributed by atoms with E-state index in [-0.39, 0.29) is 11.2 Å². The van der Waals surface area contributed by atoms with Gasteiger partial charge in [-0.2, -0.15) is 0 Å². The van der Waals surface area contributed by atoms with Crippen molar-refractivity contribution in [1.29, 1.82) is 0 Å². The molecule has 2 unspecified atom stereocenters. The Labute approximate surface area is 154 Å². The summed E-state index contributed by atoms with van der Waals surface area (Å²) in [5, 5.41) is 6.93. The number of rotatable bonds is 8. The van der Waals surface area contributed by atoms with Crippen molar-refractivity contribution in [2.24, 2.45) is 0 Å². The summed E-state index contributed by atoms with van der Waals surface area (Å²) >= 11 is 1.82. The molecule has 1 saturated heterocycles. The molecule has 3 nitrogen and oxygen atoms in total. The van der Waals surface area contributed by atoms with E-state index < -0.39 is 0 Å². The second kappa shape index (κ2) is 9.64. The maximum Gasteiger partial charge on any atom is 0.221 e. The summed E-state index contributed by atoms with van der Waals surface area (Å²) < 4.78 is 0. The van der Waals surface area contributed by atoms with Crippen LogP contribution in [0.15, 0.2) is 65.6 Å². The number of carbonyl (C=O) groups excluding carboxylic acids is 1. The number of hydrogen-bond acceptors (Lipinski definition) is 3. The van der Waals surface area contributed by atoms with Crippen molar-refractivity contribution in [3.63, 3.8) is 0 Å². The summed E-state index contributed by atoms with van der Waals surface area (Å²) in [5.74, 6) is 0.151. The molecule has 0 radical (unpaired) electrons. The van der Waals surface area contributed by atoms with Crippen LogP contribution < -0.4 is 10.6 Å². The first kappa shape index (κ1) is 18.0. The van der Waals surface area contributed by atoms with E-state index in [2.05, 4.69) is 47.0 Å². The Morgan fingerprint density at radius 1 is 1.12 bits per heavy atom. The number of hydrogen-bond donors (Lipinski definition) is 2. The molecule has 0 saturated carbocycles. The molecular weight excluding hydrogens is 328 g/mol. The van der Waals surface area contributed by atoms with Crippen LogP contribution in [-0.4, -0.2) is 30.3 Å². The number of amides is 1. The van der Waals surface area contributed by atoms with Crippen molar-refractivity contribution >= 4 is 17.7 Å². The van der Waals surface area contributed by atoms with E-state index in [1.54, 1.807) is 0 Å². The van der Waals surface area contributed by atoms with Crippen LogP contribution in [-0.2, 0) is 11.2 Å². The van der Waals surface area contributed by atoms with Crippen molar-refractivity contribution in [3.8, 4) is 0 Å². The normalized spacial score (nSPS) is 18.0. The lowest BCUT2D eigenvalue weighted by molar-refractivity contribution is -0.121. The van der Waals surface area contributed by atoms with Gasteiger partial charge >= 0.3 is 0 Å². The predicted octanol–water partition coefficient (Wildman–Crippen LogP) is 3.65. The Morgan fingerprint density at radius 2 is 1.84 bits per heavy atom. The monoisotopic (exact) mass is 354 g/mol. The first-order valence-electron chi connectivity index (χ1n) is 9.07. The fourth-order valence-electron chi connectivity index (χ4n) is 3.21. The molecule has 0 aromatic heterocycles. The molecule has 1 aliphatic rings. The maximum absolute atomic E-state index is 12.4. The molecule has 25 heavy (non-hydrogen) atoms. The van der Waals surface area contributed by atoms with Gasteiger partial charge in [-0.15, -0.1) is 11.8 Å². The third kappa shape index (κ3) is 5.91. The zero-order valence-corrected chi connectivity index (χ0v) is 15.3. The summed E-state index contributed by atoms with van der Waals surface area (Å²) in [4.78, 5) is 13.7. The van der Waals surface area contributed by atoms with Gasteiger partial charge in [0, 0.05) is 29.2 Å². The Kier molecular flexibility index (Phi) is 6.95. The number of nitrogens with one attached hydrogen (secondary N) is 2. The van der Waals surface area contributed by atoms with Gasteiger partial charge in [-0.3, -0.25) is 4.79 Å². The molecule has 1 heterocycles. The maximum atomic E-state index is 12.4. The average Bonchev–Trinajstić information content (AvgIpc) is 3.18. The van der Waals surface area contributed by atoms with Gasteiger partial charge in [0.25, 0.3) is 0 Å². The Hall–Kier alpha value is -1.78. The Bertz CT molecular complexity index is 641. The van der Waals surface area contributed by atoms with Crippen LogP contribution in [0.25, 0.3) is 0 Å². The summed E-state index contributed by atoms with van der Waals surface area (Å²) in [6.07, 6.45) is 3.80. The molecule has 4 heteroatoms. The highest BCUT2D eigenvalue weighted by molar-refractivity contribution is 8.00. The van der Waals surface area contributed by atoms with Crippen LogP contribution in [0, 0.1) is 0 Å². The van der Waals surface area contributed by atoms with Gasteiger partial charge < -0.3 is 10.6 Å². The predicted molar refractivity (Wildman–Crippen MR) is 105 cm³/mol. The van der Waals surface area contributed by atoms with Crippen molar-refractivity contribution in [3.05, 3.63) is 66.2 Å². The van der Waals surface area contributed by atoms with Gasteiger partial charge in [-0.25, -0.2) is 0 Å². The molecule has 1 amide bonds. The van der Waals surface area contributed by atoms with Gasteiger partial charge in [0.15, 0.2) is 0 Å². The molecule has 1 aliphatic heterocycles. The first-order chi connectivity index (χ1) is 12.3. The second-order valence-electron chi connectivity index (χ2n) is 6.46. The Morgan fingerprint density at radius 3 is 2.52 bits per heavy atom. The summed E-state index contributed by atoms with van der Waals surface area (Å²) in [5.41, 5.74) is 1.26. The molecule has 0 aliphatic carbocycles. The molecule has 1 fully saturated rings. The first-order valence-corrected chi connectivity index (χ1v) is 9.95. The van der Waals surface area contributed by atoms with E-state index in [4.69, 9.17) is 0 Å². The van der Waals surface area contributed by atoms with Crippen LogP contribution in [0.3, 0.4) is 0 Å². The van der Waals surface area contributed by atoms with Crippen molar-refractivity contribution in [2.75, 3.05) is 13.1 Å². The van der Waals surface area contributed by atoms with Crippen molar-refractivity contribution in [2.45, 2.75) is 41.9 Å². The highest BCUT2D eigenvalue weighted by Gasteiger charge is 2.27. The minimum atomic E-state index is 0.151. The van der Waals surface area contributed by atoms with E-state index >= 15 is 0 Å². The SMILES string of the molecule is O=C(CC(Sc1ccccc1)C1CCCN1)NCCc1ccccc1. The zero-order valence-electron chi connectivity index (χ0n) is 14.5. The van der Waals surface area contributed by atoms with Crippen molar-refractivity contribution < 1.29 is 4.79 Å². The minimum Gasteiger partial charge on any atom is -0.356 e. The lowest BCUT2D eigenvalue weighted by Gasteiger charge is -2.23. The standard InChI is InChI=1S/C21H26N2OS/c24-21(23-15-13-17-8-3-1-4-9-17)16-20(19-12-7-14-22-19)25-18-10-5-2-6-11-18/h1-6,8-11,19-20,22H,7,12-16H2,(H,23,24). The van der Waals surface area contributed by atoms with E-state index in [9.17, 15) is 4.79 Å². The van der Waals surface area contributed by atoms with Crippen LogP contribution in [0.4, 0.5) is 0 Å². The highest BCUT2D eigenvalue weighted by atomic mass is 32.2. The molecule has 2 aromatic carbocycles. The third-order valence-corrected chi connectivity index (χ3v) is 5.89. The minimum absolute atomic E-state index is 0.151. The molecule has 2 atom stereocenters. The zero-order chi connectivity index (χ0) is 17.3. The quantitative estimate of drug-likeness (QED) is 0.711. The summed E-state index contributed by atoms with van der Waals surface area (Å²) in [6.45, 7) is 1.76. The molecule has 0 bridgehead atoms. The Balaban J connectivity index is 1.51. The molecule has 2 N–H and O–H groups in total. The van der Waals surface area contributed by atoms with Gasteiger partial charge in [0.1, 0.15) is 0 Å². The van der Waals surface area contributed by atoms with Gasteiger partial charge in [0.2, 0.25) is 5.91 Å². The molecule has 0 spiro atoms. The van der Waals surface area contributed by atoms with E-state index in [0.717, 1.165) is 19.4 Å². The number of benzene rings is 2. The third-order valence-electron chi connectivity index (χ3n) is 4.54. The van der Waals surface area contributed by atoms with Crippen molar-refractivity contribution in [1.82, 2.24) is 10.6 Å². The number of thioether (sulfide) groups is 1. The van der Waals surface area contributed by atoms with Gasteiger partial charge in [-0.1, -0.05) is 48.5 Å². The summed E-state index contributed by atoms with van der Waals surface area (Å²) in [7, 11) is 0.